The van der Waals surface area contributed by atoms with Crippen molar-refractivity contribution in [2.75, 3.05) is 26.1 Å². The van der Waals surface area contributed by atoms with Crippen LogP contribution in [-0.4, -0.2) is 27.2 Å². The van der Waals surface area contributed by atoms with Gasteiger partial charge < -0.3 is 4.74 Å². The molecule has 0 spiro atoms. The Morgan fingerprint density at radius 2 is 1.92 bits per heavy atom. The van der Waals surface area contributed by atoms with Gasteiger partial charge >= 0.3 is 0 Å². The highest BCUT2D eigenvalue weighted by Gasteiger charge is 2.06. The second-order valence-electron chi connectivity index (χ2n) is 2.60. The molecule has 0 aromatic heterocycles. The summed E-state index contributed by atoms with van der Waals surface area (Å²) in [5.74, 6) is 0. The first-order valence-electron chi connectivity index (χ1n) is 4.09. The Kier molecular flexibility index (Phi) is 3.31. The Morgan fingerprint density at radius 1 is 1.31 bits per heavy atom. The summed E-state index contributed by atoms with van der Waals surface area (Å²) in [6.07, 6.45) is 0. The largest absolute Gasteiger partial charge is 0.468 e. The van der Waals surface area contributed by atoms with Crippen molar-refractivity contribution in [1.82, 2.24) is 0 Å². The number of ether oxygens (including phenoxy) is 1. The number of amidine groups is 1. The number of para-hydroxylation sites is 1. The lowest BCUT2D eigenvalue weighted by molar-refractivity contribution is 0.392. The van der Waals surface area contributed by atoms with Gasteiger partial charge in [0, 0.05) is 19.8 Å². The maximum Gasteiger partial charge on any atom is 0.291 e. The van der Waals surface area contributed by atoms with E-state index < -0.39 is 0 Å². The zero-order valence-electron chi connectivity index (χ0n) is 8.19. The number of hydrogen-bond acceptors (Lipinski definition) is 2. The summed E-state index contributed by atoms with van der Waals surface area (Å²) in [5, 5.41) is 0. The summed E-state index contributed by atoms with van der Waals surface area (Å²) in [5.41, 5.74) is 1.06. The summed E-state index contributed by atoms with van der Waals surface area (Å²) >= 11 is 0. The first-order chi connectivity index (χ1) is 6.29. The quantitative estimate of drug-likeness (QED) is 0.483. The Hall–Kier alpha value is -1.51. The van der Waals surface area contributed by atoms with Gasteiger partial charge in [-0.05, 0) is 12.1 Å². The zero-order chi connectivity index (χ0) is 9.68. The molecule has 0 N–H and O–H groups in total. The number of nitrogens with zero attached hydrogens (tertiary/aromatic N) is 2. The maximum atomic E-state index is 5.09. The molecule has 13 heavy (non-hydrogen) atoms. The van der Waals surface area contributed by atoms with Crippen molar-refractivity contribution in [2.45, 2.75) is 0 Å². The predicted octanol–water partition coefficient (Wildman–Crippen LogP) is 1.76. The van der Waals surface area contributed by atoms with Crippen LogP contribution in [-0.2, 0) is 4.74 Å². The van der Waals surface area contributed by atoms with Gasteiger partial charge in [-0.15, -0.1) is 0 Å². The monoisotopic (exact) mass is 178 g/mol. The van der Waals surface area contributed by atoms with Crippen molar-refractivity contribution in [1.29, 1.82) is 0 Å². The van der Waals surface area contributed by atoms with Crippen molar-refractivity contribution in [3.05, 3.63) is 30.3 Å². The topological polar surface area (TPSA) is 24.8 Å². The molecule has 0 atom stereocenters. The summed E-state index contributed by atoms with van der Waals surface area (Å²) in [6.45, 7) is 0. The molecular weight excluding hydrogens is 164 g/mol. The van der Waals surface area contributed by atoms with Crippen LogP contribution in [0.15, 0.2) is 35.3 Å². The van der Waals surface area contributed by atoms with Crippen LogP contribution < -0.4 is 4.90 Å². The van der Waals surface area contributed by atoms with E-state index in [9.17, 15) is 0 Å². The molecule has 1 aromatic carbocycles. The number of benzene rings is 1. The maximum absolute atomic E-state index is 5.09. The van der Waals surface area contributed by atoms with E-state index in [0.29, 0.717) is 6.02 Å². The summed E-state index contributed by atoms with van der Waals surface area (Å²) in [6, 6.07) is 10.6. The minimum absolute atomic E-state index is 0.603. The molecule has 70 valence electrons. The third-order valence-electron chi connectivity index (χ3n) is 1.80. The fourth-order valence-corrected chi connectivity index (χ4v) is 1.14. The molecule has 3 heteroatoms. The van der Waals surface area contributed by atoms with Gasteiger partial charge in [0.2, 0.25) is 0 Å². The molecular formula is C10H14N2O. The van der Waals surface area contributed by atoms with Crippen LogP contribution in [0.3, 0.4) is 0 Å². The molecule has 0 radical (unpaired) electrons. The summed E-state index contributed by atoms with van der Waals surface area (Å²) < 4.78 is 5.09. The first-order valence-corrected chi connectivity index (χ1v) is 4.09. The van der Waals surface area contributed by atoms with E-state index in [-0.39, 0.29) is 0 Å². The third kappa shape index (κ3) is 2.21. The summed E-state index contributed by atoms with van der Waals surface area (Å²) in [4.78, 5) is 5.89. The average molecular weight is 178 g/mol. The van der Waals surface area contributed by atoms with Crippen molar-refractivity contribution < 1.29 is 4.74 Å². The van der Waals surface area contributed by atoms with Gasteiger partial charge in [-0.2, -0.15) is 0 Å². The van der Waals surface area contributed by atoms with E-state index in [4.69, 9.17) is 4.74 Å². The lowest BCUT2D eigenvalue weighted by Gasteiger charge is -2.18. The highest BCUT2D eigenvalue weighted by molar-refractivity contribution is 5.90. The molecule has 1 aromatic rings. The standard InChI is InChI=1S/C10H14N2O/c1-11-10(13-3)12(2)9-7-5-4-6-8-9/h4-8H,1-3H3. The molecule has 0 saturated heterocycles. The Balaban J connectivity index is 2.85. The van der Waals surface area contributed by atoms with Gasteiger partial charge in [0.15, 0.2) is 0 Å². The normalized spacial score (nSPS) is 11.2. The molecule has 0 aliphatic rings. The first kappa shape index (κ1) is 9.58. The fraction of sp³-hybridized carbons (Fsp3) is 0.300. The van der Waals surface area contributed by atoms with Crippen molar-refractivity contribution in [3.8, 4) is 0 Å². The van der Waals surface area contributed by atoms with Gasteiger partial charge in [0.1, 0.15) is 0 Å². The molecule has 0 heterocycles. The highest BCUT2D eigenvalue weighted by Crippen LogP contribution is 2.11. The van der Waals surface area contributed by atoms with Crippen molar-refractivity contribution >= 4 is 11.7 Å². The number of rotatable bonds is 1. The lowest BCUT2D eigenvalue weighted by Crippen LogP contribution is -2.27. The van der Waals surface area contributed by atoms with Crippen LogP contribution in [0.2, 0.25) is 0 Å². The molecule has 0 saturated carbocycles. The third-order valence-corrected chi connectivity index (χ3v) is 1.80. The zero-order valence-corrected chi connectivity index (χ0v) is 8.19. The molecule has 0 bridgehead atoms. The predicted molar refractivity (Wildman–Crippen MR) is 55.2 cm³/mol. The molecule has 0 aliphatic carbocycles. The van der Waals surface area contributed by atoms with Gasteiger partial charge in [-0.25, -0.2) is 4.99 Å². The van der Waals surface area contributed by atoms with E-state index in [1.54, 1.807) is 14.2 Å². The van der Waals surface area contributed by atoms with E-state index >= 15 is 0 Å². The number of anilines is 1. The molecule has 0 unspecified atom stereocenters. The van der Waals surface area contributed by atoms with Crippen LogP contribution in [0.25, 0.3) is 0 Å². The second-order valence-corrected chi connectivity index (χ2v) is 2.60. The van der Waals surface area contributed by atoms with E-state index in [2.05, 4.69) is 4.99 Å². The minimum atomic E-state index is 0.603. The smallest absolute Gasteiger partial charge is 0.291 e. The Labute approximate surface area is 78.7 Å². The highest BCUT2D eigenvalue weighted by atomic mass is 16.5. The van der Waals surface area contributed by atoms with Gasteiger partial charge in [-0.1, -0.05) is 18.2 Å². The molecule has 1 rings (SSSR count). The van der Waals surface area contributed by atoms with Crippen LogP contribution in [0, 0.1) is 0 Å². The number of hydrogen-bond donors (Lipinski definition) is 0. The van der Waals surface area contributed by atoms with Crippen molar-refractivity contribution in [2.24, 2.45) is 4.99 Å². The molecule has 0 fully saturated rings. The lowest BCUT2D eigenvalue weighted by atomic mass is 10.3. The Morgan fingerprint density at radius 3 is 2.38 bits per heavy atom. The average Bonchev–Trinajstić information content (AvgIpc) is 2.21. The fourth-order valence-electron chi connectivity index (χ4n) is 1.14. The van der Waals surface area contributed by atoms with Crippen LogP contribution >= 0.6 is 0 Å². The van der Waals surface area contributed by atoms with Gasteiger partial charge in [0.05, 0.1) is 7.11 Å². The molecule has 3 nitrogen and oxygen atoms in total. The van der Waals surface area contributed by atoms with Crippen LogP contribution in [0.5, 0.6) is 0 Å². The van der Waals surface area contributed by atoms with Gasteiger partial charge in [-0.3, -0.25) is 4.90 Å². The second kappa shape index (κ2) is 4.50. The Bertz CT molecular complexity index is 282. The van der Waals surface area contributed by atoms with E-state index in [0.717, 1.165) is 5.69 Å². The molecule has 0 aliphatic heterocycles. The van der Waals surface area contributed by atoms with Crippen LogP contribution in [0.1, 0.15) is 0 Å². The van der Waals surface area contributed by atoms with Crippen molar-refractivity contribution in [3.63, 3.8) is 0 Å². The summed E-state index contributed by atoms with van der Waals surface area (Å²) in [7, 11) is 5.24. The van der Waals surface area contributed by atoms with E-state index in [1.807, 2.05) is 42.3 Å². The van der Waals surface area contributed by atoms with E-state index in [1.165, 1.54) is 0 Å². The SMILES string of the molecule is CN=C(OC)N(C)c1ccccc1. The molecule has 0 amide bonds. The van der Waals surface area contributed by atoms with Gasteiger partial charge in [0.25, 0.3) is 6.02 Å². The minimum Gasteiger partial charge on any atom is -0.468 e. The van der Waals surface area contributed by atoms with Crippen LogP contribution in [0.4, 0.5) is 5.69 Å². The number of aliphatic imine (C=N–C) groups is 1. The number of methoxy groups -OCH3 is 1.